The number of nitriles is 1. The number of hydrogen-bond donors (Lipinski definition) is 1. The van der Waals surface area contributed by atoms with Crippen LogP contribution in [0.4, 0.5) is 0 Å². The number of aromatic nitrogens is 1. The van der Waals surface area contributed by atoms with Crippen molar-refractivity contribution in [1.82, 2.24) is 4.98 Å². The van der Waals surface area contributed by atoms with E-state index < -0.39 is 11.4 Å². The molecule has 1 aromatic carbocycles. The van der Waals surface area contributed by atoms with E-state index in [2.05, 4.69) is 9.40 Å². The summed E-state index contributed by atoms with van der Waals surface area (Å²) in [6.45, 7) is 0. The van der Waals surface area contributed by atoms with Crippen molar-refractivity contribution in [3.05, 3.63) is 43.7 Å². The van der Waals surface area contributed by atoms with Gasteiger partial charge in [-0.2, -0.15) is 5.26 Å². The summed E-state index contributed by atoms with van der Waals surface area (Å²) in [6, 6.07) is 4.51. The second kappa shape index (κ2) is 3.26. The van der Waals surface area contributed by atoms with Crippen molar-refractivity contribution in [3.63, 3.8) is 0 Å². The second-order valence-corrected chi connectivity index (χ2v) is 3.20. The Morgan fingerprint density at radius 1 is 1.40 bits per heavy atom. The van der Waals surface area contributed by atoms with E-state index in [1.807, 2.05) is 6.07 Å². The molecule has 0 bridgehead atoms. The van der Waals surface area contributed by atoms with Crippen molar-refractivity contribution in [3.8, 4) is 6.07 Å². The van der Waals surface area contributed by atoms with Gasteiger partial charge in [0.25, 0.3) is 0 Å². The largest absolute Gasteiger partial charge is 0.419 e. The highest BCUT2D eigenvalue weighted by molar-refractivity contribution is 6.35. The van der Waals surface area contributed by atoms with Crippen molar-refractivity contribution >= 4 is 22.5 Å². The summed E-state index contributed by atoms with van der Waals surface area (Å²) in [7, 11) is 0. The molecule has 0 amide bonds. The summed E-state index contributed by atoms with van der Waals surface area (Å²) in [5.41, 5.74) is -0.406. The van der Waals surface area contributed by atoms with Gasteiger partial charge in [-0.1, -0.05) is 11.6 Å². The third-order valence-corrected chi connectivity index (χ3v) is 2.15. The van der Waals surface area contributed by atoms with Gasteiger partial charge >= 0.3 is 11.4 Å². The molecule has 2 rings (SSSR count). The smallest absolute Gasteiger partial charge is 0.372 e. The molecule has 2 aromatic rings. The van der Waals surface area contributed by atoms with Crippen LogP contribution in [0.2, 0.25) is 5.02 Å². The lowest BCUT2D eigenvalue weighted by molar-refractivity contribution is 0.460. The van der Waals surface area contributed by atoms with Gasteiger partial charge in [0, 0.05) is 0 Å². The second-order valence-electron chi connectivity index (χ2n) is 2.79. The van der Waals surface area contributed by atoms with Gasteiger partial charge in [0.2, 0.25) is 0 Å². The summed E-state index contributed by atoms with van der Waals surface area (Å²) in [6.07, 6.45) is 0. The molecule has 1 aromatic heterocycles. The standard InChI is InChI=1S/C9H3ClN2O3/c10-6-2-4(3-11)1-5-7(6)12-9(14)15-8(5)13/h1-2H,(H,12,14). The van der Waals surface area contributed by atoms with Crippen molar-refractivity contribution in [2.75, 3.05) is 0 Å². The van der Waals surface area contributed by atoms with Gasteiger partial charge in [0.05, 0.1) is 27.6 Å². The first-order valence-electron chi connectivity index (χ1n) is 3.88. The van der Waals surface area contributed by atoms with Gasteiger partial charge in [-0.15, -0.1) is 0 Å². The number of hydrogen-bond acceptors (Lipinski definition) is 4. The van der Waals surface area contributed by atoms with E-state index >= 15 is 0 Å². The lowest BCUT2D eigenvalue weighted by atomic mass is 10.2. The van der Waals surface area contributed by atoms with E-state index in [0.29, 0.717) is 0 Å². The van der Waals surface area contributed by atoms with Gasteiger partial charge in [-0.3, -0.25) is 4.98 Å². The Kier molecular flexibility index (Phi) is 2.06. The van der Waals surface area contributed by atoms with Gasteiger partial charge in [0.1, 0.15) is 0 Å². The van der Waals surface area contributed by atoms with Crippen LogP contribution >= 0.6 is 11.6 Å². The summed E-state index contributed by atoms with van der Waals surface area (Å²) in [4.78, 5) is 24.4. The summed E-state index contributed by atoms with van der Waals surface area (Å²) < 4.78 is 4.31. The molecule has 0 aliphatic carbocycles. The van der Waals surface area contributed by atoms with E-state index in [9.17, 15) is 9.59 Å². The Hall–Kier alpha value is -2.06. The maximum atomic E-state index is 11.3. The molecule has 0 unspecified atom stereocenters. The fourth-order valence-corrected chi connectivity index (χ4v) is 1.49. The van der Waals surface area contributed by atoms with E-state index in [1.165, 1.54) is 12.1 Å². The number of halogens is 1. The molecule has 0 fully saturated rings. The number of nitrogens with zero attached hydrogens (tertiary/aromatic N) is 1. The van der Waals surface area contributed by atoms with Crippen LogP contribution in [0.25, 0.3) is 10.9 Å². The Morgan fingerprint density at radius 2 is 2.13 bits per heavy atom. The fourth-order valence-electron chi connectivity index (χ4n) is 1.23. The molecule has 74 valence electrons. The van der Waals surface area contributed by atoms with Crippen LogP contribution < -0.4 is 11.4 Å². The number of nitrogens with one attached hydrogen (secondary N) is 1. The molecule has 15 heavy (non-hydrogen) atoms. The molecule has 5 nitrogen and oxygen atoms in total. The van der Waals surface area contributed by atoms with E-state index in [1.54, 1.807) is 0 Å². The Morgan fingerprint density at radius 3 is 2.80 bits per heavy atom. The third kappa shape index (κ3) is 1.51. The van der Waals surface area contributed by atoms with Crippen molar-refractivity contribution in [1.29, 1.82) is 5.26 Å². The number of H-pyrrole nitrogens is 1. The molecule has 1 N–H and O–H groups in total. The first-order valence-corrected chi connectivity index (χ1v) is 4.26. The van der Waals surface area contributed by atoms with Crippen LogP contribution in [-0.4, -0.2) is 4.98 Å². The molecular weight excluding hydrogens is 220 g/mol. The Balaban J connectivity index is 3.06. The zero-order chi connectivity index (χ0) is 11.0. The molecule has 0 saturated carbocycles. The normalized spacial score (nSPS) is 10.1. The van der Waals surface area contributed by atoms with E-state index in [-0.39, 0.29) is 21.5 Å². The number of fused-ring (bicyclic) bond motifs is 1. The molecule has 0 spiro atoms. The third-order valence-electron chi connectivity index (χ3n) is 1.85. The highest BCUT2D eigenvalue weighted by atomic mass is 35.5. The molecule has 0 radical (unpaired) electrons. The van der Waals surface area contributed by atoms with Crippen molar-refractivity contribution in [2.45, 2.75) is 0 Å². The topological polar surface area (TPSA) is 86.9 Å². The number of benzene rings is 1. The van der Waals surface area contributed by atoms with E-state index in [0.717, 1.165) is 0 Å². The molecular formula is C9H3ClN2O3. The van der Waals surface area contributed by atoms with E-state index in [4.69, 9.17) is 16.9 Å². The Labute approximate surface area is 87.5 Å². The Bertz CT molecular complexity index is 693. The molecule has 1 heterocycles. The SMILES string of the molecule is N#Cc1cc(Cl)c2[nH]c(=O)oc(=O)c2c1. The van der Waals surface area contributed by atoms with Gasteiger partial charge in [-0.05, 0) is 12.1 Å². The molecule has 0 aliphatic rings. The van der Waals surface area contributed by atoms with Gasteiger partial charge < -0.3 is 4.42 Å². The first-order chi connectivity index (χ1) is 7.11. The van der Waals surface area contributed by atoms with Crippen molar-refractivity contribution in [2.24, 2.45) is 0 Å². The van der Waals surface area contributed by atoms with Crippen LogP contribution in [0, 0.1) is 11.3 Å². The molecule has 0 atom stereocenters. The lowest BCUT2D eigenvalue weighted by Crippen LogP contribution is -2.14. The number of rotatable bonds is 0. The highest BCUT2D eigenvalue weighted by Crippen LogP contribution is 2.19. The van der Waals surface area contributed by atoms with Crippen LogP contribution in [0.3, 0.4) is 0 Å². The monoisotopic (exact) mass is 222 g/mol. The van der Waals surface area contributed by atoms with Crippen LogP contribution in [0.5, 0.6) is 0 Å². The van der Waals surface area contributed by atoms with Crippen molar-refractivity contribution < 1.29 is 4.42 Å². The molecule has 0 saturated heterocycles. The number of aromatic amines is 1. The van der Waals surface area contributed by atoms with Gasteiger partial charge in [0.15, 0.2) is 0 Å². The summed E-state index contributed by atoms with van der Waals surface area (Å²) in [5, 5.41) is 8.87. The first kappa shape index (κ1) is 9.49. The van der Waals surface area contributed by atoms with Crippen LogP contribution in [0.1, 0.15) is 5.56 Å². The maximum absolute atomic E-state index is 11.3. The van der Waals surface area contributed by atoms with Crippen LogP contribution in [-0.2, 0) is 0 Å². The average Bonchev–Trinajstić information content (AvgIpc) is 2.19. The maximum Gasteiger partial charge on any atom is 0.419 e. The predicted octanol–water partition coefficient (Wildman–Crippen LogP) is 1.01. The average molecular weight is 223 g/mol. The molecule has 0 aliphatic heterocycles. The highest BCUT2D eigenvalue weighted by Gasteiger charge is 2.08. The quantitative estimate of drug-likeness (QED) is 0.721. The minimum atomic E-state index is -0.876. The fraction of sp³-hybridized carbons (Fsp3) is 0. The van der Waals surface area contributed by atoms with Crippen LogP contribution in [0.15, 0.2) is 26.1 Å². The minimum Gasteiger partial charge on any atom is -0.372 e. The van der Waals surface area contributed by atoms with Gasteiger partial charge in [-0.25, -0.2) is 9.59 Å². The lowest BCUT2D eigenvalue weighted by Gasteiger charge is -1.98. The predicted molar refractivity (Wildman–Crippen MR) is 52.8 cm³/mol. The zero-order valence-electron chi connectivity index (χ0n) is 7.20. The zero-order valence-corrected chi connectivity index (χ0v) is 7.96. The minimum absolute atomic E-state index is 0.0821. The summed E-state index contributed by atoms with van der Waals surface area (Å²) in [5.74, 6) is -0.876. The summed E-state index contributed by atoms with van der Waals surface area (Å²) >= 11 is 5.78. The molecule has 6 heteroatoms.